The number of nitrogens with zero attached hydrogens (tertiary/aromatic N) is 2. The molecule has 0 saturated carbocycles. The lowest BCUT2D eigenvalue weighted by Gasteiger charge is -2.09. The molecule has 5 nitrogen and oxygen atoms in total. The van der Waals surface area contributed by atoms with Crippen molar-refractivity contribution in [3.63, 3.8) is 0 Å². The Bertz CT molecular complexity index is 636. The smallest absolute Gasteiger partial charge is 0.221 e. The van der Waals surface area contributed by atoms with Crippen molar-refractivity contribution in [2.24, 2.45) is 5.92 Å². The number of aryl methyl sites for hydroxylation is 2. The minimum Gasteiger partial charge on any atom is -0.369 e. The maximum atomic E-state index is 11.7. The topological polar surface area (TPSA) is 66.9 Å². The molecule has 114 valence electrons. The van der Waals surface area contributed by atoms with Gasteiger partial charge in [-0.3, -0.25) is 4.79 Å². The maximum absolute atomic E-state index is 11.7. The van der Waals surface area contributed by atoms with E-state index in [-0.39, 0.29) is 5.91 Å². The van der Waals surface area contributed by atoms with Gasteiger partial charge < -0.3 is 10.6 Å². The van der Waals surface area contributed by atoms with Crippen LogP contribution in [0.4, 0.5) is 5.82 Å². The van der Waals surface area contributed by atoms with Crippen LogP contribution in [0.5, 0.6) is 0 Å². The van der Waals surface area contributed by atoms with Crippen molar-refractivity contribution in [3.05, 3.63) is 16.8 Å². The van der Waals surface area contributed by atoms with Crippen molar-refractivity contribution in [1.82, 2.24) is 15.3 Å². The molecule has 0 aromatic carbocycles. The van der Waals surface area contributed by atoms with Gasteiger partial charge in [-0.1, -0.05) is 13.8 Å². The van der Waals surface area contributed by atoms with Gasteiger partial charge >= 0.3 is 0 Å². The highest BCUT2D eigenvalue weighted by atomic mass is 32.1. The summed E-state index contributed by atoms with van der Waals surface area (Å²) in [6.07, 6.45) is 2.01. The number of amides is 1. The Hall–Kier alpha value is -1.69. The van der Waals surface area contributed by atoms with Gasteiger partial charge in [0, 0.05) is 24.4 Å². The maximum Gasteiger partial charge on any atom is 0.221 e. The molecule has 1 amide bonds. The Kier molecular flexibility index (Phi) is 5.12. The van der Waals surface area contributed by atoms with E-state index in [1.807, 2.05) is 0 Å². The van der Waals surface area contributed by atoms with Crippen LogP contribution < -0.4 is 10.6 Å². The largest absolute Gasteiger partial charge is 0.369 e. The number of aromatic nitrogens is 2. The second kappa shape index (κ2) is 6.85. The van der Waals surface area contributed by atoms with Crippen LogP contribution in [0.2, 0.25) is 0 Å². The number of thiophene rings is 1. The molecule has 0 aliphatic heterocycles. The number of hydrogen-bond donors (Lipinski definition) is 2. The Morgan fingerprint density at radius 2 is 2.10 bits per heavy atom. The van der Waals surface area contributed by atoms with E-state index >= 15 is 0 Å². The predicted molar refractivity (Wildman–Crippen MR) is 87.8 cm³/mol. The number of nitrogens with one attached hydrogen (secondary N) is 2. The first kappa shape index (κ1) is 15.7. The van der Waals surface area contributed by atoms with Crippen LogP contribution in [-0.4, -0.2) is 29.0 Å². The molecule has 6 heteroatoms. The normalized spacial score (nSPS) is 11.1. The zero-order valence-electron chi connectivity index (χ0n) is 13.0. The van der Waals surface area contributed by atoms with Crippen LogP contribution in [0.25, 0.3) is 10.2 Å². The molecule has 0 aliphatic rings. The molecule has 2 rings (SSSR count). The van der Waals surface area contributed by atoms with Crippen LogP contribution in [0, 0.1) is 19.8 Å². The van der Waals surface area contributed by atoms with Crippen molar-refractivity contribution < 1.29 is 4.79 Å². The standard InChI is InChI=1S/C15H22N4OS/c1-9(2)7-17-12(20)5-6-16-14-13-10(3)11(4)21-15(13)19-8-18-14/h8-9H,5-7H2,1-4H3,(H,17,20)(H,16,18,19). The van der Waals surface area contributed by atoms with Crippen LogP contribution in [0.1, 0.15) is 30.7 Å². The van der Waals surface area contributed by atoms with Crippen LogP contribution in [0.3, 0.4) is 0 Å². The van der Waals surface area contributed by atoms with Gasteiger partial charge in [-0.05, 0) is 25.3 Å². The minimum atomic E-state index is 0.0692. The van der Waals surface area contributed by atoms with Crippen molar-refractivity contribution in [2.75, 3.05) is 18.4 Å². The second-order valence-corrected chi connectivity index (χ2v) is 6.76. The molecule has 21 heavy (non-hydrogen) atoms. The summed E-state index contributed by atoms with van der Waals surface area (Å²) in [5, 5.41) is 7.24. The summed E-state index contributed by atoms with van der Waals surface area (Å²) >= 11 is 1.67. The molecule has 0 radical (unpaired) electrons. The number of anilines is 1. The van der Waals surface area contributed by atoms with Crippen LogP contribution >= 0.6 is 11.3 Å². The summed E-state index contributed by atoms with van der Waals surface area (Å²) in [4.78, 5) is 22.5. The Morgan fingerprint density at radius 1 is 1.33 bits per heavy atom. The molecule has 0 spiro atoms. The number of hydrogen-bond acceptors (Lipinski definition) is 5. The average molecular weight is 306 g/mol. The molecule has 0 atom stereocenters. The third-order valence-electron chi connectivity index (χ3n) is 3.32. The lowest BCUT2D eigenvalue weighted by molar-refractivity contribution is -0.120. The fraction of sp³-hybridized carbons (Fsp3) is 0.533. The van der Waals surface area contributed by atoms with Gasteiger partial charge in [-0.15, -0.1) is 11.3 Å². The molecule has 2 aromatic heterocycles. The first-order valence-corrected chi connectivity index (χ1v) is 8.02. The van der Waals surface area contributed by atoms with Gasteiger partial charge in [0.05, 0.1) is 5.39 Å². The van der Waals surface area contributed by atoms with Crippen molar-refractivity contribution in [2.45, 2.75) is 34.1 Å². The predicted octanol–water partition coefficient (Wildman–Crippen LogP) is 2.88. The van der Waals surface area contributed by atoms with Gasteiger partial charge in [0.15, 0.2) is 0 Å². The van der Waals surface area contributed by atoms with E-state index in [4.69, 9.17) is 0 Å². The summed E-state index contributed by atoms with van der Waals surface area (Å²) in [6, 6.07) is 0. The fourth-order valence-corrected chi connectivity index (χ4v) is 3.01. The number of rotatable bonds is 6. The zero-order chi connectivity index (χ0) is 15.4. The van der Waals surface area contributed by atoms with Gasteiger partial charge in [0.1, 0.15) is 17.0 Å². The average Bonchev–Trinajstić information content (AvgIpc) is 2.73. The summed E-state index contributed by atoms with van der Waals surface area (Å²) in [5.41, 5.74) is 1.21. The van der Waals surface area contributed by atoms with E-state index in [1.54, 1.807) is 17.7 Å². The Morgan fingerprint density at radius 3 is 2.81 bits per heavy atom. The molecular weight excluding hydrogens is 284 g/mol. The summed E-state index contributed by atoms with van der Waals surface area (Å²) in [5.74, 6) is 1.36. The van der Waals surface area contributed by atoms with Crippen LogP contribution in [0.15, 0.2) is 6.33 Å². The lowest BCUT2D eigenvalue weighted by atomic mass is 10.2. The Labute approximate surface area is 129 Å². The van der Waals surface area contributed by atoms with Gasteiger partial charge in [0.2, 0.25) is 5.91 Å². The summed E-state index contributed by atoms with van der Waals surface area (Å²) < 4.78 is 0. The Balaban J connectivity index is 1.96. The molecular formula is C15H22N4OS. The van der Waals surface area contributed by atoms with Crippen molar-refractivity contribution in [3.8, 4) is 0 Å². The second-order valence-electron chi connectivity index (χ2n) is 5.56. The van der Waals surface area contributed by atoms with Gasteiger partial charge in [-0.2, -0.15) is 0 Å². The SMILES string of the molecule is Cc1sc2ncnc(NCCC(=O)NCC(C)C)c2c1C. The zero-order valence-corrected chi connectivity index (χ0v) is 13.8. The molecule has 0 bridgehead atoms. The third-order valence-corrected chi connectivity index (χ3v) is 4.43. The van der Waals surface area contributed by atoms with E-state index in [2.05, 4.69) is 48.3 Å². The van der Waals surface area contributed by atoms with E-state index < -0.39 is 0 Å². The highest BCUT2D eigenvalue weighted by molar-refractivity contribution is 7.18. The molecule has 0 saturated heterocycles. The number of carbonyl (C=O) groups is 1. The monoisotopic (exact) mass is 306 g/mol. The van der Waals surface area contributed by atoms with E-state index in [0.29, 0.717) is 18.9 Å². The summed E-state index contributed by atoms with van der Waals surface area (Å²) in [6.45, 7) is 9.63. The molecule has 2 heterocycles. The third kappa shape index (κ3) is 3.91. The molecule has 0 aliphatic carbocycles. The molecule has 0 fully saturated rings. The lowest BCUT2D eigenvalue weighted by Crippen LogP contribution is -2.28. The summed E-state index contributed by atoms with van der Waals surface area (Å²) in [7, 11) is 0. The van der Waals surface area contributed by atoms with Crippen LogP contribution in [-0.2, 0) is 4.79 Å². The first-order chi connectivity index (χ1) is 9.99. The quantitative estimate of drug-likeness (QED) is 0.861. The van der Waals surface area contributed by atoms with Gasteiger partial charge in [0.25, 0.3) is 0 Å². The number of fused-ring (bicyclic) bond motifs is 1. The molecule has 0 unspecified atom stereocenters. The van der Waals surface area contributed by atoms with Crippen molar-refractivity contribution in [1.29, 1.82) is 0 Å². The highest BCUT2D eigenvalue weighted by Gasteiger charge is 2.11. The molecule has 2 N–H and O–H groups in total. The van der Waals surface area contributed by atoms with E-state index in [1.165, 1.54) is 10.4 Å². The van der Waals surface area contributed by atoms with Crippen molar-refractivity contribution >= 4 is 33.3 Å². The van der Waals surface area contributed by atoms with E-state index in [9.17, 15) is 4.79 Å². The fourth-order valence-electron chi connectivity index (χ4n) is 2.02. The minimum absolute atomic E-state index is 0.0692. The first-order valence-electron chi connectivity index (χ1n) is 7.20. The highest BCUT2D eigenvalue weighted by Crippen LogP contribution is 2.32. The van der Waals surface area contributed by atoms with Gasteiger partial charge in [-0.25, -0.2) is 9.97 Å². The number of carbonyl (C=O) groups excluding carboxylic acids is 1. The molecule has 2 aromatic rings. The van der Waals surface area contributed by atoms with E-state index in [0.717, 1.165) is 22.6 Å².